The molecule has 0 unspecified atom stereocenters. The van der Waals surface area contributed by atoms with Gasteiger partial charge in [-0.15, -0.1) is 24.0 Å². The summed E-state index contributed by atoms with van der Waals surface area (Å²) in [7, 11) is 0. The highest BCUT2D eigenvalue weighted by Gasteiger charge is 2.24. The number of likely N-dealkylation sites (tertiary alicyclic amines) is 1. The van der Waals surface area contributed by atoms with Crippen LogP contribution in [0.5, 0.6) is 5.75 Å². The van der Waals surface area contributed by atoms with Gasteiger partial charge in [-0.05, 0) is 31.4 Å². The first-order chi connectivity index (χ1) is 11.8. The third kappa shape index (κ3) is 5.23. The van der Waals surface area contributed by atoms with Gasteiger partial charge in [0.25, 0.3) is 5.91 Å². The summed E-state index contributed by atoms with van der Waals surface area (Å²) in [6.07, 6.45) is 5.73. The summed E-state index contributed by atoms with van der Waals surface area (Å²) >= 11 is 0. The lowest BCUT2D eigenvalue weighted by atomic mass is 10.2. The summed E-state index contributed by atoms with van der Waals surface area (Å²) < 4.78 is 5.46. The van der Waals surface area contributed by atoms with Crippen molar-refractivity contribution in [3.63, 3.8) is 0 Å². The van der Waals surface area contributed by atoms with E-state index in [4.69, 9.17) is 10.5 Å². The van der Waals surface area contributed by atoms with Crippen LogP contribution in [-0.4, -0.2) is 49.6 Å². The van der Waals surface area contributed by atoms with Gasteiger partial charge in [0.15, 0.2) is 12.6 Å². The van der Waals surface area contributed by atoms with Crippen molar-refractivity contribution in [1.82, 2.24) is 4.90 Å². The fourth-order valence-corrected chi connectivity index (χ4v) is 3.22. The lowest BCUT2D eigenvalue weighted by molar-refractivity contribution is -0.121. The molecule has 0 spiro atoms. The van der Waals surface area contributed by atoms with Crippen LogP contribution in [0.1, 0.15) is 32.1 Å². The smallest absolute Gasteiger partial charge is 0.265 e. The number of amides is 1. The Labute approximate surface area is 166 Å². The van der Waals surface area contributed by atoms with Gasteiger partial charge >= 0.3 is 0 Å². The minimum Gasteiger partial charge on any atom is -0.482 e. The van der Waals surface area contributed by atoms with E-state index in [0.717, 1.165) is 30.9 Å². The van der Waals surface area contributed by atoms with Crippen molar-refractivity contribution in [2.75, 3.05) is 37.7 Å². The number of hydrogen-bond acceptors (Lipinski definition) is 3. The molecule has 1 fully saturated rings. The highest BCUT2D eigenvalue weighted by atomic mass is 127. The monoisotopic (exact) mass is 458 g/mol. The van der Waals surface area contributed by atoms with E-state index in [0.29, 0.717) is 19.0 Å². The average Bonchev–Trinajstić information content (AvgIpc) is 2.89. The number of rotatable bonds is 4. The first kappa shape index (κ1) is 19.8. The van der Waals surface area contributed by atoms with Gasteiger partial charge < -0.3 is 20.3 Å². The number of anilines is 1. The van der Waals surface area contributed by atoms with Crippen LogP contribution < -0.4 is 15.4 Å². The molecule has 2 aliphatic heterocycles. The topological polar surface area (TPSA) is 71.2 Å². The third-order valence-electron chi connectivity index (χ3n) is 4.55. The maximum Gasteiger partial charge on any atom is 0.265 e. The van der Waals surface area contributed by atoms with Gasteiger partial charge in [-0.3, -0.25) is 9.79 Å². The SMILES string of the molecule is I.NC(=NCCCN1C(=O)COc2ccccc21)N1CCCCCC1. The molecule has 25 heavy (non-hydrogen) atoms. The summed E-state index contributed by atoms with van der Waals surface area (Å²) in [5.74, 6) is 1.41. The quantitative estimate of drug-likeness (QED) is 0.326. The summed E-state index contributed by atoms with van der Waals surface area (Å²) in [6, 6.07) is 7.65. The van der Waals surface area contributed by atoms with Crippen LogP contribution in [0.15, 0.2) is 29.3 Å². The molecule has 7 heteroatoms. The molecule has 2 heterocycles. The summed E-state index contributed by atoms with van der Waals surface area (Å²) in [4.78, 5) is 20.6. The second-order valence-corrected chi connectivity index (χ2v) is 6.30. The molecule has 1 saturated heterocycles. The number of para-hydroxylation sites is 2. The Hall–Kier alpha value is -1.51. The van der Waals surface area contributed by atoms with Crippen molar-refractivity contribution >= 4 is 41.5 Å². The molecule has 0 bridgehead atoms. The van der Waals surface area contributed by atoms with Gasteiger partial charge in [0.2, 0.25) is 0 Å². The van der Waals surface area contributed by atoms with Crippen LogP contribution in [0, 0.1) is 0 Å². The normalized spacial score (nSPS) is 18.1. The molecule has 0 radical (unpaired) electrons. The summed E-state index contributed by atoms with van der Waals surface area (Å²) in [5, 5.41) is 0. The van der Waals surface area contributed by atoms with E-state index in [1.807, 2.05) is 24.3 Å². The van der Waals surface area contributed by atoms with Crippen molar-refractivity contribution in [3.8, 4) is 5.75 Å². The number of guanidine groups is 1. The molecule has 0 aromatic heterocycles. The van der Waals surface area contributed by atoms with E-state index in [-0.39, 0.29) is 36.5 Å². The van der Waals surface area contributed by atoms with E-state index in [1.165, 1.54) is 25.7 Å². The highest BCUT2D eigenvalue weighted by molar-refractivity contribution is 14.0. The molecule has 0 atom stereocenters. The Morgan fingerprint density at radius 3 is 2.64 bits per heavy atom. The van der Waals surface area contributed by atoms with Crippen LogP contribution in [0.25, 0.3) is 0 Å². The Bertz CT molecular complexity index is 600. The number of benzene rings is 1. The van der Waals surface area contributed by atoms with Crippen LogP contribution in [0.2, 0.25) is 0 Å². The number of ether oxygens (including phenoxy) is 1. The molecule has 0 aliphatic carbocycles. The average molecular weight is 458 g/mol. The third-order valence-corrected chi connectivity index (χ3v) is 4.55. The molecule has 3 rings (SSSR count). The van der Waals surface area contributed by atoms with Crippen LogP contribution in [0.4, 0.5) is 5.69 Å². The summed E-state index contributed by atoms with van der Waals surface area (Å²) in [5.41, 5.74) is 6.96. The lowest BCUT2D eigenvalue weighted by Gasteiger charge is -2.29. The molecule has 138 valence electrons. The van der Waals surface area contributed by atoms with Crippen LogP contribution >= 0.6 is 24.0 Å². The molecule has 6 nitrogen and oxygen atoms in total. The largest absolute Gasteiger partial charge is 0.482 e. The van der Waals surface area contributed by atoms with Crippen molar-refractivity contribution in [2.45, 2.75) is 32.1 Å². The second-order valence-electron chi connectivity index (χ2n) is 6.30. The molecule has 1 aromatic carbocycles. The molecule has 1 aromatic rings. The summed E-state index contributed by atoms with van der Waals surface area (Å²) in [6.45, 7) is 3.39. The van der Waals surface area contributed by atoms with Gasteiger partial charge in [0.05, 0.1) is 5.69 Å². The van der Waals surface area contributed by atoms with Gasteiger partial charge in [0.1, 0.15) is 5.75 Å². The standard InChI is InChI=1S/C18H26N4O2.HI/c19-18(21-11-5-1-2-6-12-21)20-10-7-13-22-15-8-3-4-9-16(15)24-14-17(22)23;/h3-4,8-9H,1-2,5-7,10-14H2,(H2,19,20);1H. The van der Waals surface area contributed by atoms with E-state index in [1.54, 1.807) is 4.90 Å². The Balaban J connectivity index is 0.00000225. The Kier molecular flexibility index (Phi) is 7.80. The number of halogens is 1. The number of hydrogen-bond donors (Lipinski definition) is 1. The number of fused-ring (bicyclic) bond motifs is 1. The van der Waals surface area contributed by atoms with Crippen molar-refractivity contribution in [1.29, 1.82) is 0 Å². The number of nitrogens with two attached hydrogens (primary N) is 1. The van der Waals surface area contributed by atoms with Gasteiger partial charge in [-0.1, -0.05) is 25.0 Å². The number of nitrogens with zero attached hydrogens (tertiary/aromatic N) is 3. The maximum atomic E-state index is 12.1. The molecular weight excluding hydrogens is 431 g/mol. The van der Waals surface area contributed by atoms with Crippen LogP contribution in [0.3, 0.4) is 0 Å². The zero-order chi connectivity index (χ0) is 16.8. The van der Waals surface area contributed by atoms with Crippen molar-refractivity contribution < 1.29 is 9.53 Å². The minimum absolute atomic E-state index is 0. The second kappa shape index (κ2) is 9.84. The zero-order valence-corrected chi connectivity index (χ0v) is 16.9. The molecule has 0 saturated carbocycles. The first-order valence-electron chi connectivity index (χ1n) is 8.83. The maximum absolute atomic E-state index is 12.1. The van der Waals surface area contributed by atoms with E-state index in [2.05, 4.69) is 9.89 Å². The van der Waals surface area contributed by atoms with Crippen LogP contribution in [-0.2, 0) is 4.79 Å². The zero-order valence-electron chi connectivity index (χ0n) is 14.5. The van der Waals surface area contributed by atoms with E-state index in [9.17, 15) is 4.79 Å². The van der Waals surface area contributed by atoms with Gasteiger partial charge in [0, 0.05) is 26.2 Å². The Morgan fingerprint density at radius 1 is 1.16 bits per heavy atom. The molecule has 2 aliphatic rings. The van der Waals surface area contributed by atoms with Crippen molar-refractivity contribution in [2.24, 2.45) is 10.7 Å². The number of carbonyl (C=O) groups is 1. The number of aliphatic imine (C=N–C) groups is 1. The molecule has 1 amide bonds. The van der Waals surface area contributed by atoms with Crippen molar-refractivity contribution in [3.05, 3.63) is 24.3 Å². The highest BCUT2D eigenvalue weighted by Crippen LogP contribution is 2.31. The predicted molar refractivity (Wildman–Crippen MR) is 111 cm³/mol. The van der Waals surface area contributed by atoms with E-state index < -0.39 is 0 Å². The minimum atomic E-state index is -0.00169. The fraction of sp³-hybridized carbons (Fsp3) is 0.556. The Morgan fingerprint density at radius 2 is 1.88 bits per heavy atom. The predicted octanol–water partition coefficient (Wildman–Crippen LogP) is 2.61. The molecule has 2 N–H and O–H groups in total. The number of carbonyl (C=O) groups excluding carboxylic acids is 1. The van der Waals surface area contributed by atoms with Gasteiger partial charge in [-0.25, -0.2) is 0 Å². The lowest BCUT2D eigenvalue weighted by Crippen LogP contribution is -2.40. The molecular formula is C18H27IN4O2. The van der Waals surface area contributed by atoms with E-state index >= 15 is 0 Å². The first-order valence-corrected chi connectivity index (χ1v) is 8.83. The fourth-order valence-electron chi connectivity index (χ4n) is 3.22. The van der Waals surface area contributed by atoms with Gasteiger partial charge in [-0.2, -0.15) is 0 Å².